The molecule has 0 fully saturated rings. The summed E-state index contributed by atoms with van der Waals surface area (Å²) in [7, 11) is 0. The van der Waals surface area contributed by atoms with Crippen molar-refractivity contribution in [3.8, 4) is 5.75 Å². The molecule has 0 aliphatic rings. The topological polar surface area (TPSA) is 52.5 Å². The number of aromatic hydroxyl groups is 1. The highest BCUT2D eigenvalue weighted by molar-refractivity contribution is 5.39. The van der Waals surface area contributed by atoms with Gasteiger partial charge in [-0.15, -0.1) is 0 Å². The van der Waals surface area contributed by atoms with Gasteiger partial charge in [0.05, 0.1) is 5.60 Å². The number of benzene rings is 1. The molecule has 0 radical (unpaired) electrons. The Hall–Kier alpha value is -1.06. The summed E-state index contributed by atoms with van der Waals surface area (Å²) in [6, 6.07) is 5.66. The molecule has 15 heavy (non-hydrogen) atoms. The Balaban J connectivity index is 2.55. The van der Waals surface area contributed by atoms with Gasteiger partial charge in [-0.1, -0.05) is 18.2 Å². The maximum absolute atomic E-state index is 9.72. The van der Waals surface area contributed by atoms with E-state index in [0.29, 0.717) is 18.8 Å². The van der Waals surface area contributed by atoms with Gasteiger partial charge in [0.2, 0.25) is 0 Å². The smallest absolute Gasteiger partial charge is 0.122 e. The number of hydrogen-bond acceptors (Lipinski definition) is 3. The van der Waals surface area contributed by atoms with Crippen LogP contribution in [0.5, 0.6) is 5.75 Å². The predicted molar refractivity (Wildman–Crippen MR) is 60.8 cm³/mol. The molecule has 0 amide bonds. The summed E-state index contributed by atoms with van der Waals surface area (Å²) in [6.45, 7) is 6.43. The molecule has 1 aromatic rings. The lowest BCUT2D eigenvalue weighted by Crippen LogP contribution is -2.34. The Morgan fingerprint density at radius 2 is 2.00 bits per heavy atom. The van der Waals surface area contributed by atoms with Crippen molar-refractivity contribution < 1.29 is 10.2 Å². The normalized spacial score (nSPS) is 11.7. The molecule has 0 spiro atoms. The monoisotopic (exact) mass is 209 g/mol. The number of para-hydroxylation sites is 1. The molecule has 0 aromatic heterocycles. The fourth-order valence-corrected chi connectivity index (χ4v) is 1.37. The zero-order valence-corrected chi connectivity index (χ0v) is 9.54. The minimum atomic E-state index is -0.723. The fraction of sp³-hybridized carbons (Fsp3) is 0.500. The molecule has 84 valence electrons. The summed E-state index contributed by atoms with van der Waals surface area (Å²) in [6.07, 6.45) is 0. The van der Waals surface area contributed by atoms with Gasteiger partial charge in [-0.2, -0.15) is 0 Å². The van der Waals surface area contributed by atoms with Crippen molar-refractivity contribution in [3.05, 3.63) is 29.3 Å². The van der Waals surface area contributed by atoms with Gasteiger partial charge in [0.25, 0.3) is 0 Å². The Bertz CT molecular complexity index is 329. The maximum atomic E-state index is 9.72. The van der Waals surface area contributed by atoms with Crippen LogP contribution in [0.3, 0.4) is 0 Å². The standard InChI is InChI=1S/C12H19NO2/c1-9-5-4-6-10(11(9)14)7-13-8-12(2,3)15/h4-6,13-15H,7-8H2,1-3H3. The molecule has 0 unspecified atom stereocenters. The van der Waals surface area contributed by atoms with Crippen molar-refractivity contribution in [2.75, 3.05) is 6.54 Å². The summed E-state index contributed by atoms with van der Waals surface area (Å²) >= 11 is 0. The van der Waals surface area contributed by atoms with E-state index in [1.807, 2.05) is 25.1 Å². The van der Waals surface area contributed by atoms with E-state index in [1.54, 1.807) is 13.8 Å². The molecule has 1 aromatic carbocycles. The summed E-state index contributed by atoms with van der Waals surface area (Å²) < 4.78 is 0. The summed E-state index contributed by atoms with van der Waals surface area (Å²) in [5.41, 5.74) is 1.01. The average Bonchev–Trinajstić information content (AvgIpc) is 2.10. The molecule has 0 bridgehead atoms. The van der Waals surface area contributed by atoms with E-state index in [0.717, 1.165) is 11.1 Å². The van der Waals surface area contributed by atoms with E-state index >= 15 is 0 Å². The highest BCUT2D eigenvalue weighted by Crippen LogP contribution is 2.20. The number of hydrogen-bond donors (Lipinski definition) is 3. The molecule has 3 nitrogen and oxygen atoms in total. The van der Waals surface area contributed by atoms with Crippen LogP contribution >= 0.6 is 0 Å². The zero-order chi connectivity index (χ0) is 11.5. The van der Waals surface area contributed by atoms with Crippen molar-refractivity contribution in [1.82, 2.24) is 5.32 Å². The summed E-state index contributed by atoms with van der Waals surface area (Å²) in [5, 5.41) is 22.3. The number of aryl methyl sites for hydroxylation is 1. The van der Waals surface area contributed by atoms with Crippen LogP contribution in [0.4, 0.5) is 0 Å². The van der Waals surface area contributed by atoms with Gasteiger partial charge in [0.1, 0.15) is 5.75 Å². The molecular formula is C12H19NO2. The Labute approximate surface area is 90.8 Å². The number of nitrogens with one attached hydrogen (secondary N) is 1. The number of phenols is 1. The van der Waals surface area contributed by atoms with Crippen LogP contribution in [0, 0.1) is 6.92 Å². The third kappa shape index (κ3) is 3.90. The second-order valence-electron chi connectivity index (χ2n) is 4.50. The summed E-state index contributed by atoms with van der Waals surface area (Å²) in [5.74, 6) is 0.334. The van der Waals surface area contributed by atoms with E-state index in [1.165, 1.54) is 0 Å². The van der Waals surface area contributed by atoms with Crippen molar-refractivity contribution in [2.45, 2.75) is 32.9 Å². The van der Waals surface area contributed by atoms with Gasteiger partial charge < -0.3 is 15.5 Å². The molecule has 0 atom stereocenters. The van der Waals surface area contributed by atoms with Crippen molar-refractivity contribution in [1.29, 1.82) is 0 Å². The lowest BCUT2D eigenvalue weighted by molar-refractivity contribution is 0.0794. The van der Waals surface area contributed by atoms with Crippen molar-refractivity contribution in [2.24, 2.45) is 0 Å². The van der Waals surface area contributed by atoms with Gasteiger partial charge >= 0.3 is 0 Å². The Kier molecular flexibility index (Phi) is 3.72. The maximum Gasteiger partial charge on any atom is 0.122 e. The molecule has 0 saturated carbocycles. The molecule has 0 saturated heterocycles. The average molecular weight is 209 g/mol. The van der Waals surface area contributed by atoms with Crippen LogP contribution in [-0.4, -0.2) is 22.4 Å². The third-order valence-corrected chi connectivity index (χ3v) is 2.19. The van der Waals surface area contributed by atoms with Crippen LogP contribution in [0.2, 0.25) is 0 Å². The van der Waals surface area contributed by atoms with Gasteiger partial charge in [-0.05, 0) is 26.3 Å². The van der Waals surface area contributed by atoms with Crippen LogP contribution in [0.1, 0.15) is 25.0 Å². The second kappa shape index (κ2) is 4.64. The molecule has 1 rings (SSSR count). The quantitative estimate of drug-likeness (QED) is 0.705. The first-order chi connectivity index (χ1) is 6.90. The largest absolute Gasteiger partial charge is 0.507 e. The molecular weight excluding hydrogens is 190 g/mol. The van der Waals surface area contributed by atoms with Gasteiger partial charge in [0.15, 0.2) is 0 Å². The summed E-state index contributed by atoms with van der Waals surface area (Å²) in [4.78, 5) is 0. The van der Waals surface area contributed by atoms with Crippen molar-refractivity contribution in [3.63, 3.8) is 0 Å². The Morgan fingerprint density at radius 3 is 2.60 bits per heavy atom. The number of phenolic OH excluding ortho intramolecular Hbond substituents is 1. The molecule has 3 heteroatoms. The minimum absolute atomic E-state index is 0.334. The number of rotatable bonds is 4. The minimum Gasteiger partial charge on any atom is -0.507 e. The second-order valence-corrected chi connectivity index (χ2v) is 4.50. The molecule has 3 N–H and O–H groups in total. The third-order valence-electron chi connectivity index (χ3n) is 2.19. The lowest BCUT2D eigenvalue weighted by atomic mass is 10.1. The molecule has 0 aliphatic heterocycles. The highest BCUT2D eigenvalue weighted by Gasteiger charge is 2.11. The van der Waals surface area contributed by atoms with Crippen LogP contribution in [0.15, 0.2) is 18.2 Å². The first-order valence-electron chi connectivity index (χ1n) is 5.11. The van der Waals surface area contributed by atoms with Crippen LogP contribution in [-0.2, 0) is 6.54 Å². The highest BCUT2D eigenvalue weighted by atomic mass is 16.3. The van der Waals surface area contributed by atoms with E-state index in [2.05, 4.69) is 5.32 Å². The predicted octanol–water partition coefficient (Wildman–Crippen LogP) is 1.56. The van der Waals surface area contributed by atoms with E-state index in [-0.39, 0.29) is 0 Å². The van der Waals surface area contributed by atoms with Crippen LogP contribution < -0.4 is 5.32 Å². The Morgan fingerprint density at radius 1 is 1.33 bits per heavy atom. The zero-order valence-electron chi connectivity index (χ0n) is 9.54. The van der Waals surface area contributed by atoms with Gasteiger partial charge in [-0.3, -0.25) is 0 Å². The first-order valence-corrected chi connectivity index (χ1v) is 5.11. The number of aliphatic hydroxyl groups is 1. The first kappa shape index (κ1) is 12.0. The van der Waals surface area contributed by atoms with Crippen molar-refractivity contribution >= 4 is 0 Å². The SMILES string of the molecule is Cc1cccc(CNCC(C)(C)O)c1O. The van der Waals surface area contributed by atoms with Gasteiger partial charge in [0, 0.05) is 18.7 Å². The fourth-order valence-electron chi connectivity index (χ4n) is 1.37. The van der Waals surface area contributed by atoms with Crippen LogP contribution in [0.25, 0.3) is 0 Å². The molecule has 0 heterocycles. The van der Waals surface area contributed by atoms with E-state index in [4.69, 9.17) is 0 Å². The van der Waals surface area contributed by atoms with E-state index < -0.39 is 5.60 Å². The molecule has 0 aliphatic carbocycles. The van der Waals surface area contributed by atoms with E-state index in [9.17, 15) is 10.2 Å². The lowest BCUT2D eigenvalue weighted by Gasteiger charge is -2.18. The van der Waals surface area contributed by atoms with Gasteiger partial charge in [-0.25, -0.2) is 0 Å².